The smallest absolute Gasteiger partial charge is 0.320 e. The number of sulfonamides is 1. The summed E-state index contributed by atoms with van der Waals surface area (Å²) in [4.78, 5) is 33.6. The molecule has 12 nitrogen and oxygen atoms in total. The van der Waals surface area contributed by atoms with Gasteiger partial charge in [0.2, 0.25) is 0 Å². The Hall–Kier alpha value is -4.48. The van der Waals surface area contributed by atoms with Crippen LogP contribution in [0, 0.1) is 11.3 Å². The Labute approximate surface area is 275 Å². The summed E-state index contributed by atoms with van der Waals surface area (Å²) in [6.07, 6.45) is 0.706. The van der Waals surface area contributed by atoms with Crippen molar-refractivity contribution in [1.29, 1.82) is 5.26 Å². The van der Waals surface area contributed by atoms with Crippen LogP contribution in [0.25, 0.3) is 0 Å². The van der Waals surface area contributed by atoms with Gasteiger partial charge < -0.3 is 24.4 Å². The minimum atomic E-state index is -4.54. The second kappa shape index (κ2) is 13.3. The molecule has 3 aromatic carbocycles. The number of fused-ring (bicyclic) bond motifs is 1. The number of anilines is 1. The second-order valence-electron chi connectivity index (χ2n) is 12.1. The van der Waals surface area contributed by atoms with E-state index in [1.807, 2.05) is 27.2 Å². The van der Waals surface area contributed by atoms with Crippen molar-refractivity contribution in [3.63, 3.8) is 0 Å². The largest absolute Gasteiger partial charge is 0.497 e. The summed E-state index contributed by atoms with van der Waals surface area (Å²) in [5, 5.41) is 20.4. The van der Waals surface area contributed by atoms with E-state index in [9.17, 15) is 23.6 Å². The molecule has 0 saturated carbocycles. The Morgan fingerprint density at radius 3 is 2.36 bits per heavy atom. The Kier molecular flexibility index (Phi) is 9.60. The van der Waals surface area contributed by atoms with Gasteiger partial charge in [-0.2, -0.15) is 5.26 Å². The Morgan fingerprint density at radius 2 is 1.74 bits per heavy atom. The molecule has 248 valence electrons. The molecular weight excluding hydrogens is 622 g/mol. The number of carbonyl (C=O) groups excluding carboxylic acids is 1. The van der Waals surface area contributed by atoms with Crippen LogP contribution in [0.1, 0.15) is 35.1 Å². The Morgan fingerprint density at radius 1 is 1.02 bits per heavy atom. The predicted molar refractivity (Wildman–Crippen MR) is 175 cm³/mol. The summed E-state index contributed by atoms with van der Waals surface area (Å²) in [5.41, 5.74) is -0.408. The van der Waals surface area contributed by atoms with Crippen molar-refractivity contribution >= 4 is 27.6 Å². The fourth-order valence-electron chi connectivity index (χ4n) is 6.55. The molecule has 3 aromatic rings. The number of likely N-dealkylation sites (N-methyl/N-ethyl adjacent to an activating group) is 2. The highest BCUT2D eigenvalue weighted by molar-refractivity contribution is 7.93. The quantitative estimate of drug-likeness (QED) is 0.306. The number of nitrogens with zero attached hydrogens (tertiary/aromatic N) is 5. The number of nitriles is 1. The third-order valence-corrected chi connectivity index (χ3v) is 10.5. The van der Waals surface area contributed by atoms with Gasteiger partial charge in [-0.15, -0.1) is 0 Å². The van der Waals surface area contributed by atoms with E-state index in [0.29, 0.717) is 24.3 Å². The first kappa shape index (κ1) is 33.9. The fourth-order valence-corrected chi connectivity index (χ4v) is 8.01. The predicted octanol–water partition coefficient (Wildman–Crippen LogP) is 3.10. The highest BCUT2D eigenvalue weighted by Crippen LogP contribution is 2.54. The molecule has 0 bridgehead atoms. The number of amides is 1. The van der Waals surface area contributed by atoms with Crippen molar-refractivity contribution in [2.45, 2.75) is 35.9 Å². The molecule has 5 rings (SSSR count). The number of hydrogen-bond acceptors (Lipinski definition) is 10. The number of carbonyl (C=O) groups is 2. The molecule has 1 N–H and O–H groups in total. The number of ether oxygens (including phenoxy) is 2. The zero-order chi connectivity index (χ0) is 34.1. The van der Waals surface area contributed by atoms with Gasteiger partial charge in [0.15, 0.2) is 5.54 Å². The topological polar surface area (TPSA) is 144 Å². The highest BCUT2D eigenvalue weighted by Gasteiger charge is 2.63. The number of benzene rings is 3. The molecule has 0 spiro atoms. The van der Waals surface area contributed by atoms with Crippen LogP contribution >= 0.6 is 0 Å². The van der Waals surface area contributed by atoms with Crippen molar-refractivity contribution in [1.82, 2.24) is 14.7 Å². The van der Waals surface area contributed by atoms with Gasteiger partial charge in [-0.3, -0.25) is 14.5 Å². The van der Waals surface area contributed by atoms with E-state index in [-0.39, 0.29) is 40.4 Å². The molecule has 0 radical (unpaired) electrons. The van der Waals surface area contributed by atoms with Crippen LogP contribution in [-0.2, 0) is 31.7 Å². The molecule has 13 heteroatoms. The lowest BCUT2D eigenvalue weighted by Gasteiger charge is -2.41. The molecule has 2 aliphatic rings. The van der Waals surface area contributed by atoms with E-state index >= 15 is 4.79 Å². The van der Waals surface area contributed by atoms with Crippen LogP contribution < -0.4 is 13.8 Å². The highest BCUT2D eigenvalue weighted by atomic mass is 32.2. The third-order valence-electron chi connectivity index (χ3n) is 8.83. The summed E-state index contributed by atoms with van der Waals surface area (Å²) in [7, 11) is 4.32. The van der Waals surface area contributed by atoms with Gasteiger partial charge in [0.05, 0.1) is 36.4 Å². The number of hydrogen-bond donors (Lipinski definition) is 1. The molecule has 0 aromatic heterocycles. The average molecular weight is 662 g/mol. The zero-order valence-corrected chi connectivity index (χ0v) is 28.0. The van der Waals surface area contributed by atoms with E-state index in [1.54, 1.807) is 17.0 Å². The first-order valence-corrected chi connectivity index (χ1v) is 16.6. The monoisotopic (exact) mass is 661 g/mol. The summed E-state index contributed by atoms with van der Waals surface area (Å²) >= 11 is 0. The van der Waals surface area contributed by atoms with Crippen molar-refractivity contribution in [3.05, 3.63) is 82.9 Å². The lowest BCUT2D eigenvalue weighted by molar-refractivity contribution is -0.145. The first-order valence-electron chi connectivity index (χ1n) is 15.2. The van der Waals surface area contributed by atoms with Crippen molar-refractivity contribution < 1.29 is 32.6 Å². The first-order chi connectivity index (χ1) is 22.4. The van der Waals surface area contributed by atoms with Gasteiger partial charge in [-0.1, -0.05) is 6.07 Å². The van der Waals surface area contributed by atoms with Gasteiger partial charge in [0.1, 0.15) is 17.5 Å². The van der Waals surface area contributed by atoms with Gasteiger partial charge in [-0.25, -0.2) is 12.7 Å². The SMILES string of the molecule is COc1ccc(S(=O)(=O)N2C(=O)C(c3cc(CN(C)CCN(C)C)ccc3OC)(N3CCC[C@H]3C(=O)O)c3cc(C#N)ccc32)cc1. The Bertz CT molecular complexity index is 1820. The molecule has 1 saturated heterocycles. The summed E-state index contributed by atoms with van der Waals surface area (Å²) in [6, 6.07) is 16.4. The average Bonchev–Trinajstić information content (AvgIpc) is 3.65. The standard InChI is InChI=1S/C34H39N5O7S/c1-36(2)17-18-37(3)22-24-9-15-31(46-5)28(20-24)34(38-16-6-7-30(38)32(40)41)27-19-23(21-35)8-14-29(27)39(33(34)42)47(43,44)26-12-10-25(45-4)11-13-26/h8-15,19-20,30H,6-7,16-18,22H2,1-5H3,(H,40,41)/t30-,34?/m0/s1. The minimum absolute atomic E-state index is 0.0383. The molecule has 0 aliphatic carbocycles. The Balaban J connectivity index is 1.80. The number of aliphatic carboxylic acids is 1. The van der Waals surface area contributed by atoms with Gasteiger partial charge in [0.25, 0.3) is 15.9 Å². The number of likely N-dealkylation sites (tertiary alicyclic amines) is 1. The third kappa shape index (κ3) is 5.94. The molecule has 1 amide bonds. The van der Waals surface area contributed by atoms with E-state index in [0.717, 1.165) is 23.0 Å². The molecule has 2 aliphatic heterocycles. The molecule has 47 heavy (non-hydrogen) atoms. The van der Waals surface area contributed by atoms with Crippen molar-refractivity contribution in [3.8, 4) is 17.6 Å². The maximum absolute atomic E-state index is 15.3. The van der Waals surface area contributed by atoms with E-state index in [4.69, 9.17) is 9.47 Å². The van der Waals surface area contributed by atoms with Gasteiger partial charge >= 0.3 is 5.97 Å². The number of rotatable bonds is 12. The van der Waals surface area contributed by atoms with E-state index in [1.165, 1.54) is 56.7 Å². The van der Waals surface area contributed by atoms with Crippen LogP contribution in [0.5, 0.6) is 11.5 Å². The van der Waals surface area contributed by atoms with Crippen LogP contribution in [0.2, 0.25) is 0 Å². The summed E-state index contributed by atoms with van der Waals surface area (Å²) in [6.45, 7) is 2.26. The summed E-state index contributed by atoms with van der Waals surface area (Å²) in [5.74, 6) is -1.29. The lowest BCUT2D eigenvalue weighted by Crippen LogP contribution is -2.58. The number of carboxylic acid groups (broad SMARTS) is 1. The van der Waals surface area contributed by atoms with E-state index in [2.05, 4.69) is 15.9 Å². The van der Waals surface area contributed by atoms with Crippen molar-refractivity contribution in [2.75, 3.05) is 59.3 Å². The number of methoxy groups -OCH3 is 2. The van der Waals surface area contributed by atoms with E-state index < -0.39 is 33.5 Å². The lowest BCUT2D eigenvalue weighted by atomic mass is 9.79. The van der Waals surface area contributed by atoms with Crippen molar-refractivity contribution in [2.24, 2.45) is 0 Å². The van der Waals surface area contributed by atoms with Crippen LogP contribution in [0.3, 0.4) is 0 Å². The molecule has 2 atom stereocenters. The fraction of sp³-hybridized carbons (Fsp3) is 0.382. The van der Waals surface area contributed by atoms with Crippen LogP contribution in [0.15, 0.2) is 65.6 Å². The molecular formula is C34H39N5O7S. The minimum Gasteiger partial charge on any atom is -0.497 e. The van der Waals surface area contributed by atoms with Gasteiger partial charge in [-0.05, 0) is 94.1 Å². The summed E-state index contributed by atoms with van der Waals surface area (Å²) < 4.78 is 40.6. The van der Waals surface area contributed by atoms with Crippen LogP contribution in [0.4, 0.5) is 5.69 Å². The normalized spacial score (nSPS) is 19.7. The molecule has 2 heterocycles. The molecule has 1 unspecified atom stereocenters. The maximum atomic E-state index is 15.3. The second-order valence-corrected chi connectivity index (χ2v) is 13.9. The molecule has 1 fully saturated rings. The maximum Gasteiger partial charge on any atom is 0.320 e. The zero-order valence-electron chi connectivity index (χ0n) is 27.1. The number of carboxylic acids is 1. The van der Waals surface area contributed by atoms with Crippen LogP contribution in [-0.4, -0.2) is 101 Å². The van der Waals surface area contributed by atoms with Gasteiger partial charge in [0, 0.05) is 37.3 Å².